The highest BCUT2D eigenvalue weighted by molar-refractivity contribution is 5.85. The van der Waals surface area contributed by atoms with Crippen LogP contribution in [-0.4, -0.2) is 16.1 Å². The molecule has 0 atom stereocenters. The number of nitrogens with zero attached hydrogens (tertiary/aromatic N) is 1. The van der Waals surface area contributed by atoms with E-state index in [-0.39, 0.29) is 5.69 Å². The Morgan fingerprint density at radius 1 is 1.00 bits per heavy atom. The molecule has 1 aromatic carbocycles. The van der Waals surface area contributed by atoms with Crippen molar-refractivity contribution >= 4 is 5.97 Å². The zero-order chi connectivity index (χ0) is 12.7. The smallest absolute Gasteiger partial charge is 0.354 e. The highest BCUT2D eigenvalue weighted by Gasteiger charge is 2.03. The van der Waals surface area contributed by atoms with Gasteiger partial charge in [-0.15, -0.1) is 13.2 Å². The molecule has 0 spiro atoms. The maximum Gasteiger partial charge on any atom is 0.354 e. The number of benzene rings is 1. The summed E-state index contributed by atoms with van der Waals surface area (Å²) in [5.74, 6) is -1.00. The van der Waals surface area contributed by atoms with Gasteiger partial charge in [0.15, 0.2) is 0 Å². The maximum atomic E-state index is 10.6. The fourth-order valence-corrected chi connectivity index (χ4v) is 1.32. The van der Waals surface area contributed by atoms with Crippen LogP contribution >= 0.6 is 0 Å². The second-order valence-corrected chi connectivity index (χ2v) is 3.10. The number of carbonyl (C=O) groups is 1. The van der Waals surface area contributed by atoms with Gasteiger partial charge in [-0.05, 0) is 11.6 Å². The Kier molecular flexibility index (Phi) is 4.63. The SMILES string of the molecule is C=C.O=C(O)c1ccc(-c2ccccc2)cn1. The predicted octanol–water partition coefficient (Wildman–Crippen LogP) is 3.25. The van der Waals surface area contributed by atoms with Crippen molar-refractivity contribution in [2.45, 2.75) is 0 Å². The van der Waals surface area contributed by atoms with Crippen LogP contribution in [0, 0.1) is 0 Å². The molecule has 86 valence electrons. The number of rotatable bonds is 2. The number of hydrogen-bond donors (Lipinski definition) is 1. The van der Waals surface area contributed by atoms with Crippen LogP contribution in [0.15, 0.2) is 61.8 Å². The topological polar surface area (TPSA) is 50.2 Å². The molecule has 0 aliphatic rings. The molecule has 0 radical (unpaired) electrons. The van der Waals surface area contributed by atoms with Gasteiger partial charge in [0.1, 0.15) is 5.69 Å². The molecule has 0 aliphatic carbocycles. The Bertz CT molecular complexity index is 477. The molecule has 0 aliphatic heterocycles. The van der Waals surface area contributed by atoms with Crippen molar-refractivity contribution in [3.63, 3.8) is 0 Å². The minimum atomic E-state index is -1.00. The lowest BCUT2D eigenvalue weighted by Crippen LogP contribution is -1.98. The highest BCUT2D eigenvalue weighted by Crippen LogP contribution is 2.17. The quantitative estimate of drug-likeness (QED) is 0.801. The summed E-state index contributed by atoms with van der Waals surface area (Å²) in [6, 6.07) is 13.0. The van der Waals surface area contributed by atoms with Gasteiger partial charge < -0.3 is 5.11 Å². The summed E-state index contributed by atoms with van der Waals surface area (Å²) in [6.45, 7) is 6.00. The van der Waals surface area contributed by atoms with E-state index in [1.54, 1.807) is 12.3 Å². The van der Waals surface area contributed by atoms with Crippen LogP contribution < -0.4 is 0 Å². The fourth-order valence-electron chi connectivity index (χ4n) is 1.32. The molecule has 1 heterocycles. The van der Waals surface area contributed by atoms with Crippen molar-refractivity contribution in [3.05, 3.63) is 67.5 Å². The zero-order valence-corrected chi connectivity index (χ0v) is 9.34. The van der Waals surface area contributed by atoms with Gasteiger partial charge in [-0.25, -0.2) is 9.78 Å². The van der Waals surface area contributed by atoms with E-state index in [1.807, 2.05) is 30.3 Å². The van der Waals surface area contributed by atoms with E-state index in [4.69, 9.17) is 5.11 Å². The largest absolute Gasteiger partial charge is 0.477 e. The molecular weight excluding hydrogens is 214 g/mol. The van der Waals surface area contributed by atoms with Gasteiger partial charge in [0.05, 0.1) is 0 Å². The fraction of sp³-hybridized carbons (Fsp3) is 0. The Labute approximate surface area is 100 Å². The highest BCUT2D eigenvalue weighted by atomic mass is 16.4. The Morgan fingerprint density at radius 2 is 1.65 bits per heavy atom. The van der Waals surface area contributed by atoms with Crippen LogP contribution in [0.2, 0.25) is 0 Å². The summed E-state index contributed by atoms with van der Waals surface area (Å²) < 4.78 is 0. The molecular formula is C14H13NO2. The Hall–Kier alpha value is -2.42. The van der Waals surface area contributed by atoms with Gasteiger partial charge in [-0.3, -0.25) is 0 Å². The van der Waals surface area contributed by atoms with E-state index in [1.165, 1.54) is 6.07 Å². The van der Waals surface area contributed by atoms with Gasteiger partial charge in [-0.2, -0.15) is 0 Å². The van der Waals surface area contributed by atoms with E-state index in [0.29, 0.717) is 0 Å². The third-order valence-corrected chi connectivity index (χ3v) is 2.09. The monoisotopic (exact) mass is 227 g/mol. The number of carboxylic acid groups (broad SMARTS) is 1. The third-order valence-electron chi connectivity index (χ3n) is 2.09. The first-order valence-electron chi connectivity index (χ1n) is 5.02. The van der Waals surface area contributed by atoms with Gasteiger partial charge in [0, 0.05) is 11.8 Å². The first-order valence-corrected chi connectivity index (χ1v) is 5.02. The lowest BCUT2D eigenvalue weighted by molar-refractivity contribution is 0.0690. The van der Waals surface area contributed by atoms with E-state index in [0.717, 1.165) is 11.1 Å². The van der Waals surface area contributed by atoms with Crippen LogP contribution in [0.3, 0.4) is 0 Å². The van der Waals surface area contributed by atoms with Crippen LogP contribution in [0.5, 0.6) is 0 Å². The van der Waals surface area contributed by atoms with E-state index in [9.17, 15) is 4.79 Å². The summed E-state index contributed by atoms with van der Waals surface area (Å²) in [5, 5.41) is 8.68. The van der Waals surface area contributed by atoms with Gasteiger partial charge in [0.2, 0.25) is 0 Å². The predicted molar refractivity (Wildman–Crippen MR) is 67.9 cm³/mol. The first-order chi connectivity index (χ1) is 8.27. The van der Waals surface area contributed by atoms with Crippen molar-refractivity contribution in [2.24, 2.45) is 0 Å². The van der Waals surface area contributed by atoms with Crippen molar-refractivity contribution in [3.8, 4) is 11.1 Å². The standard InChI is InChI=1S/C12H9NO2.C2H4/c14-12(15)11-7-6-10(8-13-11)9-4-2-1-3-5-9;1-2/h1-8H,(H,14,15);1-2H2. The van der Waals surface area contributed by atoms with Gasteiger partial charge in [-0.1, -0.05) is 36.4 Å². The molecule has 3 nitrogen and oxygen atoms in total. The maximum absolute atomic E-state index is 10.6. The van der Waals surface area contributed by atoms with Crippen LogP contribution in [0.4, 0.5) is 0 Å². The molecule has 2 aromatic rings. The minimum absolute atomic E-state index is 0.0645. The summed E-state index contributed by atoms with van der Waals surface area (Å²) in [7, 11) is 0. The molecule has 0 saturated heterocycles. The average molecular weight is 227 g/mol. The zero-order valence-electron chi connectivity index (χ0n) is 9.34. The Morgan fingerprint density at radius 3 is 2.12 bits per heavy atom. The number of hydrogen-bond acceptors (Lipinski definition) is 2. The minimum Gasteiger partial charge on any atom is -0.477 e. The van der Waals surface area contributed by atoms with Crippen LogP contribution in [-0.2, 0) is 0 Å². The second kappa shape index (κ2) is 6.23. The second-order valence-electron chi connectivity index (χ2n) is 3.10. The molecule has 3 heteroatoms. The van der Waals surface area contributed by atoms with Crippen molar-refractivity contribution < 1.29 is 9.90 Å². The molecule has 17 heavy (non-hydrogen) atoms. The van der Waals surface area contributed by atoms with E-state index >= 15 is 0 Å². The number of carboxylic acids is 1. The molecule has 0 fully saturated rings. The lowest BCUT2D eigenvalue weighted by Gasteiger charge is -2.00. The number of pyridine rings is 1. The normalized spacial score (nSPS) is 8.94. The molecule has 0 unspecified atom stereocenters. The molecule has 1 aromatic heterocycles. The van der Waals surface area contributed by atoms with E-state index in [2.05, 4.69) is 18.1 Å². The average Bonchev–Trinajstić information content (AvgIpc) is 2.42. The number of aromatic nitrogens is 1. The van der Waals surface area contributed by atoms with Crippen molar-refractivity contribution in [1.29, 1.82) is 0 Å². The van der Waals surface area contributed by atoms with E-state index < -0.39 is 5.97 Å². The first kappa shape index (κ1) is 12.6. The summed E-state index contributed by atoms with van der Waals surface area (Å²) in [4.78, 5) is 14.4. The number of aromatic carboxylic acids is 1. The molecule has 1 N–H and O–H groups in total. The summed E-state index contributed by atoms with van der Waals surface area (Å²) >= 11 is 0. The Balaban J connectivity index is 0.000000686. The molecule has 2 rings (SSSR count). The van der Waals surface area contributed by atoms with Gasteiger partial charge in [0.25, 0.3) is 0 Å². The molecule has 0 amide bonds. The molecule has 0 saturated carbocycles. The van der Waals surface area contributed by atoms with Crippen LogP contribution in [0.25, 0.3) is 11.1 Å². The summed E-state index contributed by atoms with van der Waals surface area (Å²) in [5.41, 5.74) is 2.01. The van der Waals surface area contributed by atoms with Gasteiger partial charge >= 0.3 is 5.97 Å². The molecule has 0 bridgehead atoms. The van der Waals surface area contributed by atoms with Crippen molar-refractivity contribution in [1.82, 2.24) is 4.98 Å². The summed E-state index contributed by atoms with van der Waals surface area (Å²) in [6.07, 6.45) is 1.57. The lowest BCUT2D eigenvalue weighted by atomic mass is 10.1. The van der Waals surface area contributed by atoms with Crippen LogP contribution in [0.1, 0.15) is 10.5 Å². The third kappa shape index (κ3) is 3.28. The van der Waals surface area contributed by atoms with Crippen molar-refractivity contribution in [2.75, 3.05) is 0 Å².